The van der Waals surface area contributed by atoms with E-state index in [0.717, 1.165) is 0 Å². The van der Waals surface area contributed by atoms with E-state index in [1.807, 2.05) is 6.92 Å². The summed E-state index contributed by atoms with van der Waals surface area (Å²) in [7, 11) is 0. The minimum Gasteiger partial charge on any atom is -0.490 e. The zero-order valence-corrected chi connectivity index (χ0v) is 13.2. The fourth-order valence-electron chi connectivity index (χ4n) is 1.55. The van der Waals surface area contributed by atoms with Crippen molar-refractivity contribution in [2.45, 2.75) is 26.9 Å². The van der Waals surface area contributed by atoms with E-state index in [-0.39, 0.29) is 6.10 Å². The molecular formula is C15H20ClNO4. The average molecular weight is 314 g/mol. The Balaban J connectivity index is 2.96. The van der Waals surface area contributed by atoms with Crippen LogP contribution in [-0.2, 0) is 4.74 Å². The largest absolute Gasteiger partial charge is 0.490 e. The van der Waals surface area contributed by atoms with Crippen LogP contribution < -0.4 is 14.8 Å². The van der Waals surface area contributed by atoms with Crippen molar-refractivity contribution < 1.29 is 19.0 Å². The Labute approximate surface area is 129 Å². The Kier molecular flexibility index (Phi) is 6.88. The Hall–Kier alpha value is -1.88. The summed E-state index contributed by atoms with van der Waals surface area (Å²) in [5.41, 5.74) is 0.472. The number of benzene rings is 1. The molecule has 0 heterocycles. The highest BCUT2D eigenvalue weighted by Gasteiger charge is 2.14. The van der Waals surface area contributed by atoms with E-state index in [9.17, 15) is 4.79 Å². The third-order valence-electron chi connectivity index (χ3n) is 2.24. The van der Waals surface area contributed by atoms with Gasteiger partial charge >= 0.3 is 6.09 Å². The summed E-state index contributed by atoms with van der Waals surface area (Å²) in [5.74, 6) is 0.868. The average Bonchev–Trinajstić information content (AvgIpc) is 2.37. The molecular weight excluding hydrogens is 294 g/mol. The maximum Gasteiger partial charge on any atom is 0.411 e. The highest BCUT2D eigenvalue weighted by atomic mass is 35.5. The van der Waals surface area contributed by atoms with Crippen LogP contribution in [0.5, 0.6) is 11.5 Å². The maximum absolute atomic E-state index is 11.6. The van der Waals surface area contributed by atoms with Gasteiger partial charge in [0.05, 0.1) is 17.7 Å². The van der Waals surface area contributed by atoms with E-state index in [0.29, 0.717) is 35.4 Å². The number of rotatable bonds is 7. The van der Waals surface area contributed by atoms with Crippen molar-refractivity contribution in [2.24, 2.45) is 0 Å². The topological polar surface area (TPSA) is 56.8 Å². The Morgan fingerprint density at radius 3 is 2.71 bits per heavy atom. The first-order valence-electron chi connectivity index (χ1n) is 6.65. The number of amides is 1. The van der Waals surface area contributed by atoms with Gasteiger partial charge in [0.1, 0.15) is 6.61 Å². The van der Waals surface area contributed by atoms with Gasteiger partial charge in [-0.15, -0.1) is 0 Å². The fraction of sp³-hybridized carbons (Fsp3) is 0.400. The van der Waals surface area contributed by atoms with Crippen LogP contribution in [0, 0.1) is 0 Å². The smallest absolute Gasteiger partial charge is 0.411 e. The summed E-state index contributed by atoms with van der Waals surface area (Å²) in [5, 5.41) is 2.93. The molecule has 0 saturated carbocycles. The Morgan fingerprint density at radius 1 is 1.43 bits per heavy atom. The van der Waals surface area contributed by atoms with Crippen molar-refractivity contribution in [1.29, 1.82) is 0 Å². The van der Waals surface area contributed by atoms with Crippen LogP contribution in [0.25, 0.3) is 0 Å². The molecule has 0 radical (unpaired) electrons. The van der Waals surface area contributed by atoms with E-state index >= 15 is 0 Å². The van der Waals surface area contributed by atoms with Gasteiger partial charge < -0.3 is 14.2 Å². The highest BCUT2D eigenvalue weighted by molar-refractivity contribution is 6.32. The van der Waals surface area contributed by atoms with Gasteiger partial charge in [-0.2, -0.15) is 0 Å². The van der Waals surface area contributed by atoms with E-state index in [1.165, 1.54) is 0 Å². The number of halogens is 1. The van der Waals surface area contributed by atoms with Crippen molar-refractivity contribution in [2.75, 3.05) is 18.5 Å². The van der Waals surface area contributed by atoms with Crippen LogP contribution in [0.4, 0.5) is 10.5 Å². The van der Waals surface area contributed by atoms with Crippen molar-refractivity contribution >= 4 is 23.4 Å². The van der Waals surface area contributed by atoms with Gasteiger partial charge in [-0.3, -0.25) is 5.32 Å². The molecule has 0 aliphatic carbocycles. The molecule has 1 N–H and O–H groups in total. The quantitative estimate of drug-likeness (QED) is 0.764. The fourth-order valence-corrected chi connectivity index (χ4v) is 1.81. The normalized spacial score (nSPS) is 10.1. The summed E-state index contributed by atoms with van der Waals surface area (Å²) in [6.45, 7) is 9.72. The van der Waals surface area contributed by atoms with E-state index in [4.69, 9.17) is 25.8 Å². The zero-order chi connectivity index (χ0) is 15.8. The third-order valence-corrected chi connectivity index (χ3v) is 2.52. The minimum absolute atomic E-state index is 0.206. The predicted octanol–water partition coefficient (Wildman–Crippen LogP) is 4.26. The number of carbonyl (C=O) groups excluding carboxylic acids is 1. The molecule has 1 rings (SSSR count). The molecule has 6 heteroatoms. The van der Waals surface area contributed by atoms with Gasteiger partial charge in [0, 0.05) is 11.8 Å². The van der Waals surface area contributed by atoms with Gasteiger partial charge in [0.2, 0.25) is 0 Å². The summed E-state index contributed by atoms with van der Waals surface area (Å²) in [6, 6.07) is 3.21. The number of hydrogen-bond donors (Lipinski definition) is 1. The standard InChI is InChI=1S/C15H20ClNO4/c1-5-7-20-14-12(16)8-11(9-13(14)19-6-2)17-15(18)21-10(3)4/h5,8-10H,1,6-7H2,2-4H3,(H,17,18). The number of ether oxygens (including phenoxy) is 3. The second-order valence-corrected chi connectivity index (χ2v) is 4.80. The molecule has 0 spiro atoms. The van der Waals surface area contributed by atoms with Gasteiger partial charge in [0.25, 0.3) is 0 Å². The van der Waals surface area contributed by atoms with Crippen LogP contribution in [-0.4, -0.2) is 25.4 Å². The summed E-state index contributed by atoms with van der Waals surface area (Å²) >= 11 is 6.16. The van der Waals surface area contributed by atoms with Crippen molar-refractivity contribution in [1.82, 2.24) is 0 Å². The molecule has 0 unspecified atom stereocenters. The lowest BCUT2D eigenvalue weighted by Gasteiger charge is -2.15. The van der Waals surface area contributed by atoms with Gasteiger partial charge in [0.15, 0.2) is 11.5 Å². The summed E-state index contributed by atoms with van der Waals surface area (Å²) < 4.78 is 16.0. The molecule has 0 atom stereocenters. The molecule has 0 bridgehead atoms. The van der Waals surface area contributed by atoms with Crippen molar-refractivity contribution in [3.05, 3.63) is 29.8 Å². The first-order chi connectivity index (χ1) is 9.97. The molecule has 5 nitrogen and oxygen atoms in total. The second-order valence-electron chi connectivity index (χ2n) is 4.40. The van der Waals surface area contributed by atoms with Crippen LogP contribution in [0.3, 0.4) is 0 Å². The van der Waals surface area contributed by atoms with Crippen LogP contribution >= 0.6 is 11.6 Å². The maximum atomic E-state index is 11.6. The first kappa shape index (κ1) is 17.2. The molecule has 1 amide bonds. The lowest BCUT2D eigenvalue weighted by molar-refractivity contribution is 0.130. The van der Waals surface area contributed by atoms with E-state index in [1.54, 1.807) is 32.1 Å². The van der Waals surface area contributed by atoms with E-state index < -0.39 is 6.09 Å². The molecule has 1 aromatic carbocycles. The number of nitrogens with one attached hydrogen (secondary N) is 1. The molecule has 0 aliphatic heterocycles. The minimum atomic E-state index is -0.553. The predicted molar refractivity (Wildman–Crippen MR) is 83.6 cm³/mol. The van der Waals surface area contributed by atoms with Crippen molar-refractivity contribution in [3.63, 3.8) is 0 Å². The highest BCUT2D eigenvalue weighted by Crippen LogP contribution is 2.38. The van der Waals surface area contributed by atoms with Crippen LogP contribution in [0.15, 0.2) is 24.8 Å². The molecule has 1 aromatic rings. The number of anilines is 1. The van der Waals surface area contributed by atoms with E-state index in [2.05, 4.69) is 11.9 Å². The number of hydrogen-bond acceptors (Lipinski definition) is 4. The molecule has 0 aromatic heterocycles. The van der Waals surface area contributed by atoms with Crippen molar-refractivity contribution in [3.8, 4) is 11.5 Å². The lowest BCUT2D eigenvalue weighted by atomic mass is 10.2. The SMILES string of the molecule is C=CCOc1c(Cl)cc(NC(=O)OC(C)C)cc1OCC. The molecule has 116 valence electrons. The van der Waals surface area contributed by atoms with Crippen LogP contribution in [0.1, 0.15) is 20.8 Å². The molecule has 0 saturated heterocycles. The molecule has 21 heavy (non-hydrogen) atoms. The summed E-state index contributed by atoms with van der Waals surface area (Å²) in [4.78, 5) is 11.6. The Morgan fingerprint density at radius 2 is 2.14 bits per heavy atom. The molecule has 0 aliphatic rings. The first-order valence-corrected chi connectivity index (χ1v) is 7.03. The third kappa shape index (κ3) is 5.55. The second kappa shape index (κ2) is 8.42. The Bertz CT molecular complexity index is 503. The van der Waals surface area contributed by atoms with Gasteiger partial charge in [-0.1, -0.05) is 24.3 Å². The molecule has 0 fully saturated rings. The monoisotopic (exact) mass is 313 g/mol. The van der Waals surface area contributed by atoms with Gasteiger partial charge in [-0.05, 0) is 26.8 Å². The van der Waals surface area contributed by atoms with Gasteiger partial charge in [-0.25, -0.2) is 4.79 Å². The number of carbonyl (C=O) groups is 1. The van der Waals surface area contributed by atoms with Crippen LogP contribution in [0.2, 0.25) is 5.02 Å². The lowest BCUT2D eigenvalue weighted by Crippen LogP contribution is -2.18. The summed E-state index contributed by atoms with van der Waals surface area (Å²) in [6.07, 6.45) is 0.850. The zero-order valence-electron chi connectivity index (χ0n) is 12.4.